The molecule has 1 rings (SSSR count). The molecule has 0 bridgehead atoms. The molecular formula is C12H18N2O5. The topological polar surface area (TPSA) is 82.9 Å². The lowest BCUT2D eigenvalue weighted by Crippen LogP contribution is -2.33. The van der Waals surface area contributed by atoms with E-state index in [-0.39, 0.29) is 11.7 Å². The highest BCUT2D eigenvalue weighted by molar-refractivity contribution is 5.64. The lowest BCUT2D eigenvalue weighted by atomic mass is 10.2. The van der Waals surface area contributed by atoms with Crippen LogP contribution in [0.4, 0.5) is 11.4 Å². The standard InChI is InChI=1S/C12H18N2O5/c1-8(12(18-3)19-4)13-10-6-5-9(17-2)7-11(10)14(15)16/h5-8,12-13H,1-4H3. The summed E-state index contributed by atoms with van der Waals surface area (Å²) in [5, 5.41) is 14.0. The fraction of sp³-hybridized carbons (Fsp3) is 0.500. The van der Waals surface area contributed by atoms with E-state index in [2.05, 4.69) is 5.32 Å². The number of nitrogens with one attached hydrogen (secondary N) is 1. The summed E-state index contributed by atoms with van der Waals surface area (Å²) in [5.41, 5.74) is 0.328. The molecule has 1 unspecified atom stereocenters. The van der Waals surface area contributed by atoms with E-state index >= 15 is 0 Å². The molecule has 1 N–H and O–H groups in total. The second kappa shape index (κ2) is 6.91. The summed E-state index contributed by atoms with van der Waals surface area (Å²) in [6, 6.07) is 4.36. The first-order valence-corrected chi connectivity index (χ1v) is 5.68. The summed E-state index contributed by atoms with van der Waals surface area (Å²) in [4.78, 5) is 10.6. The maximum absolute atomic E-state index is 11.0. The lowest BCUT2D eigenvalue weighted by Gasteiger charge is -2.23. The summed E-state index contributed by atoms with van der Waals surface area (Å²) in [6.07, 6.45) is -0.498. The number of nitrogens with zero attached hydrogens (tertiary/aromatic N) is 1. The second-order valence-corrected chi connectivity index (χ2v) is 3.91. The molecule has 1 aromatic carbocycles. The first-order valence-electron chi connectivity index (χ1n) is 5.68. The molecule has 1 atom stereocenters. The van der Waals surface area contributed by atoms with E-state index in [1.807, 2.05) is 6.92 Å². The summed E-state index contributed by atoms with van der Waals surface area (Å²) in [6.45, 7) is 1.81. The van der Waals surface area contributed by atoms with Gasteiger partial charge in [-0.3, -0.25) is 10.1 Å². The van der Waals surface area contributed by atoms with Gasteiger partial charge in [0.25, 0.3) is 5.69 Å². The molecule has 0 aliphatic rings. The Morgan fingerprint density at radius 1 is 1.26 bits per heavy atom. The molecule has 0 heterocycles. The van der Waals surface area contributed by atoms with Gasteiger partial charge in [0.05, 0.1) is 24.1 Å². The van der Waals surface area contributed by atoms with Gasteiger partial charge in [-0.15, -0.1) is 0 Å². The van der Waals surface area contributed by atoms with Crippen LogP contribution in [0.1, 0.15) is 6.92 Å². The van der Waals surface area contributed by atoms with Crippen molar-refractivity contribution in [3.8, 4) is 5.75 Å². The number of nitro groups is 1. The Hall–Kier alpha value is -1.86. The summed E-state index contributed by atoms with van der Waals surface area (Å²) in [7, 11) is 4.48. The van der Waals surface area contributed by atoms with E-state index in [0.717, 1.165) is 0 Å². The molecule has 1 aromatic rings. The van der Waals surface area contributed by atoms with Crippen LogP contribution >= 0.6 is 0 Å². The molecule has 7 nitrogen and oxygen atoms in total. The van der Waals surface area contributed by atoms with Crippen molar-refractivity contribution < 1.29 is 19.1 Å². The number of hydrogen-bond donors (Lipinski definition) is 1. The number of anilines is 1. The van der Waals surface area contributed by atoms with Crippen LogP contribution in [0.15, 0.2) is 18.2 Å². The first kappa shape index (κ1) is 15.2. The first-order chi connectivity index (χ1) is 9.03. The van der Waals surface area contributed by atoms with Gasteiger partial charge in [0.2, 0.25) is 0 Å². The summed E-state index contributed by atoms with van der Waals surface area (Å²) < 4.78 is 15.2. The smallest absolute Gasteiger partial charge is 0.296 e. The van der Waals surface area contributed by atoms with Gasteiger partial charge in [0.15, 0.2) is 6.29 Å². The number of rotatable bonds is 7. The van der Waals surface area contributed by atoms with Crippen molar-refractivity contribution in [1.29, 1.82) is 0 Å². The Labute approximate surface area is 111 Å². The van der Waals surface area contributed by atoms with Crippen LogP contribution in [0.2, 0.25) is 0 Å². The fourth-order valence-electron chi connectivity index (χ4n) is 1.73. The Bertz CT molecular complexity index is 434. The molecular weight excluding hydrogens is 252 g/mol. The van der Waals surface area contributed by atoms with Crippen molar-refractivity contribution in [3.63, 3.8) is 0 Å². The fourth-order valence-corrected chi connectivity index (χ4v) is 1.73. The Morgan fingerprint density at radius 2 is 1.89 bits per heavy atom. The minimum Gasteiger partial charge on any atom is -0.496 e. The molecule has 7 heteroatoms. The molecule has 0 spiro atoms. The molecule has 0 saturated carbocycles. The molecule has 0 aliphatic carbocycles. The van der Waals surface area contributed by atoms with Crippen molar-refractivity contribution in [1.82, 2.24) is 0 Å². The minimum atomic E-state index is -0.498. The van der Waals surface area contributed by atoms with Crippen molar-refractivity contribution >= 4 is 11.4 Å². The zero-order valence-corrected chi connectivity index (χ0v) is 11.4. The maximum atomic E-state index is 11.0. The SMILES string of the molecule is COc1ccc(NC(C)C(OC)OC)c([N+](=O)[O-])c1. The van der Waals surface area contributed by atoms with Gasteiger partial charge in [-0.25, -0.2) is 0 Å². The Morgan fingerprint density at radius 3 is 2.37 bits per heavy atom. The molecule has 0 radical (unpaired) electrons. The average molecular weight is 270 g/mol. The zero-order chi connectivity index (χ0) is 14.4. The van der Waals surface area contributed by atoms with Crippen LogP contribution in [0.5, 0.6) is 5.75 Å². The monoisotopic (exact) mass is 270 g/mol. The van der Waals surface area contributed by atoms with Crippen LogP contribution < -0.4 is 10.1 Å². The van der Waals surface area contributed by atoms with E-state index in [4.69, 9.17) is 14.2 Å². The summed E-state index contributed by atoms with van der Waals surface area (Å²) in [5.74, 6) is 0.430. The maximum Gasteiger partial charge on any atom is 0.296 e. The molecule has 106 valence electrons. The average Bonchev–Trinajstić information content (AvgIpc) is 2.40. The van der Waals surface area contributed by atoms with Gasteiger partial charge in [-0.05, 0) is 19.1 Å². The van der Waals surface area contributed by atoms with E-state index in [0.29, 0.717) is 11.4 Å². The number of hydrogen-bond acceptors (Lipinski definition) is 6. The number of ether oxygens (including phenoxy) is 3. The molecule has 0 aliphatic heterocycles. The van der Waals surface area contributed by atoms with Gasteiger partial charge >= 0.3 is 0 Å². The largest absolute Gasteiger partial charge is 0.496 e. The molecule has 19 heavy (non-hydrogen) atoms. The van der Waals surface area contributed by atoms with E-state index in [1.54, 1.807) is 12.1 Å². The van der Waals surface area contributed by atoms with E-state index < -0.39 is 11.2 Å². The highest BCUT2D eigenvalue weighted by atomic mass is 16.7. The van der Waals surface area contributed by atoms with Gasteiger partial charge in [0.1, 0.15) is 11.4 Å². The van der Waals surface area contributed by atoms with Gasteiger partial charge in [0, 0.05) is 14.2 Å². The molecule has 0 amide bonds. The minimum absolute atomic E-state index is 0.0582. The summed E-state index contributed by atoms with van der Waals surface area (Å²) >= 11 is 0. The van der Waals surface area contributed by atoms with Gasteiger partial charge in [-0.1, -0.05) is 0 Å². The van der Waals surface area contributed by atoms with Gasteiger partial charge < -0.3 is 19.5 Å². The number of methoxy groups -OCH3 is 3. The second-order valence-electron chi connectivity index (χ2n) is 3.91. The molecule has 0 aromatic heterocycles. The highest BCUT2D eigenvalue weighted by Gasteiger charge is 2.21. The van der Waals surface area contributed by atoms with Crippen molar-refractivity contribution in [2.75, 3.05) is 26.6 Å². The Kier molecular flexibility index (Phi) is 5.53. The number of nitro benzene ring substituents is 1. The third-order valence-corrected chi connectivity index (χ3v) is 2.66. The zero-order valence-electron chi connectivity index (χ0n) is 11.4. The normalized spacial score (nSPS) is 12.3. The van der Waals surface area contributed by atoms with Crippen LogP contribution in [-0.4, -0.2) is 38.6 Å². The number of benzene rings is 1. The van der Waals surface area contributed by atoms with Crippen LogP contribution in [0.3, 0.4) is 0 Å². The third-order valence-electron chi connectivity index (χ3n) is 2.66. The molecule has 0 fully saturated rings. The van der Waals surface area contributed by atoms with E-state index in [1.165, 1.54) is 27.4 Å². The quantitative estimate of drug-likeness (QED) is 0.463. The molecule has 0 saturated heterocycles. The lowest BCUT2D eigenvalue weighted by molar-refractivity contribution is -0.384. The van der Waals surface area contributed by atoms with Gasteiger partial charge in [-0.2, -0.15) is 0 Å². The Balaban J connectivity index is 2.97. The third kappa shape index (κ3) is 3.80. The van der Waals surface area contributed by atoms with Crippen molar-refractivity contribution in [2.24, 2.45) is 0 Å². The van der Waals surface area contributed by atoms with Crippen molar-refractivity contribution in [2.45, 2.75) is 19.3 Å². The van der Waals surface area contributed by atoms with Crippen LogP contribution in [0, 0.1) is 10.1 Å². The highest BCUT2D eigenvalue weighted by Crippen LogP contribution is 2.29. The van der Waals surface area contributed by atoms with E-state index in [9.17, 15) is 10.1 Å². The van der Waals surface area contributed by atoms with Crippen LogP contribution in [-0.2, 0) is 9.47 Å². The van der Waals surface area contributed by atoms with Crippen molar-refractivity contribution in [3.05, 3.63) is 28.3 Å². The van der Waals surface area contributed by atoms with Crippen LogP contribution in [0.25, 0.3) is 0 Å². The predicted molar refractivity (Wildman–Crippen MR) is 70.5 cm³/mol. The predicted octanol–water partition coefficient (Wildman–Crippen LogP) is 2.02.